The van der Waals surface area contributed by atoms with Crippen molar-refractivity contribution < 1.29 is 23.0 Å². The predicted molar refractivity (Wildman–Crippen MR) is 104 cm³/mol. The Morgan fingerprint density at radius 2 is 2.26 bits per heavy atom. The molecule has 0 aliphatic heterocycles. The molecule has 4 rings (SSSR count). The van der Waals surface area contributed by atoms with E-state index < -0.39 is 47.4 Å². The van der Waals surface area contributed by atoms with Gasteiger partial charge in [0.05, 0.1) is 7.08 Å². The molecular formula is C23H31NO3. The summed E-state index contributed by atoms with van der Waals surface area (Å²) < 4.78 is 58.1. The van der Waals surface area contributed by atoms with Crippen molar-refractivity contribution in [2.75, 3.05) is 0 Å². The topological polar surface area (TPSA) is 58.9 Å². The van der Waals surface area contributed by atoms with E-state index in [1.165, 1.54) is 6.92 Å². The van der Waals surface area contributed by atoms with Crippen molar-refractivity contribution in [3.05, 3.63) is 11.6 Å². The lowest BCUT2D eigenvalue weighted by Crippen LogP contribution is -2.55. The second kappa shape index (κ2) is 6.69. The maximum atomic E-state index is 12.0. The molecule has 6 atom stereocenters. The molecule has 4 heteroatoms. The quantitative estimate of drug-likeness (QED) is 0.329. The molecule has 0 spiro atoms. The van der Waals surface area contributed by atoms with Crippen molar-refractivity contribution in [2.24, 2.45) is 34.2 Å². The van der Waals surface area contributed by atoms with Crippen LogP contribution in [-0.2, 0) is 9.53 Å². The Balaban J connectivity index is 1.85. The Kier molecular flexibility index (Phi) is 3.13. The zero-order chi connectivity index (χ0) is 24.6. The lowest BCUT2D eigenvalue weighted by molar-refractivity contribution is -0.170. The fourth-order valence-corrected chi connectivity index (χ4v) is 6.45. The molecule has 4 aliphatic carbocycles. The standard InChI is InChI=1S/C23H31NO3/c1-4-22-12-10-19-18-9-7-17(24-26)14-16(18)6-8-20(19)21(22)11-13-23(22,5-2)27-15(3)25/h2,14,18-21,26H,4,6-13H2,1,3H3/b24-17+/t18-,19?,20?,21?,22-,23-/m0/s1/i6D2,7D2,14D,18D. The average molecular weight is 376 g/mol. The molecule has 0 amide bonds. The monoisotopic (exact) mass is 375 g/mol. The highest BCUT2D eigenvalue weighted by Gasteiger charge is 2.65. The normalized spacial score (nSPS) is 54.6. The molecule has 1 N–H and O–H groups in total. The molecule has 3 unspecified atom stereocenters. The molecule has 0 aromatic rings. The summed E-state index contributed by atoms with van der Waals surface area (Å²) in [6.45, 7) is 3.36. The van der Waals surface area contributed by atoms with Crippen LogP contribution in [0.2, 0.25) is 0 Å². The van der Waals surface area contributed by atoms with Gasteiger partial charge in [-0.1, -0.05) is 23.6 Å². The lowest BCUT2D eigenvalue weighted by Gasteiger charge is -2.56. The molecule has 0 aromatic heterocycles. The van der Waals surface area contributed by atoms with Gasteiger partial charge in [0.2, 0.25) is 0 Å². The molecule has 0 saturated heterocycles. The zero-order valence-corrected chi connectivity index (χ0v) is 16.0. The average Bonchev–Trinajstić information content (AvgIpc) is 3.01. The maximum Gasteiger partial charge on any atom is 0.304 e. The van der Waals surface area contributed by atoms with E-state index in [9.17, 15) is 11.4 Å². The summed E-state index contributed by atoms with van der Waals surface area (Å²) in [5.41, 5.74) is -2.19. The van der Waals surface area contributed by atoms with Crippen molar-refractivity contribution in [1.29, 1.82) is 0 Å². The molecule has 0 aromatic carbocycles. The van der Waals surface area contributed by atoms with Crippen molar-refractivity contribution in [3.8, 4) is 12.3 Å². The van der Waals surface area contributed by atoms with Gasteiger partial charge in [-0.05, 0) is 87.4 Å². The second-order valence-electron chi connectivity index (χ2n) is 8.24. The largest absolute Gasteiger partial charge is 0.445 e. The van der Waals surface area contributed by atoms with Gasteiger partial charge >= 0.3 is 5.97 Å². The first-order chi connectivity index (χ1) is 15.2. The van der Waals surface area contributed by atoms with Gasteiger partial charge in [-0.15, -0.1) is 6.42 Å². The van der Waals surface area contributed by atoms with Gasteiger partial charge < -0.3 is 9.94 Å². The van der Waals surface area contributed by atoms with Crippen LogP contribution in [0, 0.1) is 41.4 Å². The molecule has 146 valence electrons. The minimum Gasteiger partial charge on any atom is -0.445 e. The summed E-state index contributed by atoms with van der Waals surface area (Å²) in [6, 6.07) is -0.496. The van der Waals surface area contributed by atoms with Crippen LogP contribution in [0.5, 0.6) is 0 Å². The highest BCUT2D eigenvalue weighted by atomic mass is 16.6. The number of oxime groups is 1. The Labute approximate surface area is 170 Å². The lowest BCUT2D eigenvalue weighted by atomic mass is 9.49. The van der Waals surface area contributed by atoms with Gasteiger partial charge in [0.15, 0.2) is 5.60 Å². The van der Waals surface area contributed by atoms with Crippen LogP contribution in [0.1, 0.15) is 79.8 Å². The maximum absolute atomic E-state index is 12.0. The fourth-order valence-electron chi connectivity index (χ4n) is 6.45. The van der Waals surface area contributed by atoms with E-state index in [1.54, 1.807) is 0 Å². The minimum atomic E-state index is -2.22. The van der Waals surface area contributed by atoms with Crippen molar-refractivity contribution in [2.45, 2.75) is 77.1 Å². The number of rotatable bonds is 2. The van der Waals surface area contributed by atoms with Gasteiger partial charge in [-0.25, -0.2) is 0 Å². The van der Waals surface area contributed by atoms with E-state index in [1.807, 2.05) is 6.92 Å². The van der Waals surface area contributed by atoms with Crippen LogP contribution in [0.3, 0.4) is 0 Å². The number of allylic oxidation sites excluding steroid dienone is 2. The zero-order valence-electron chi connectivity index (χ0n) is 22.0. The Bertz CT molecular complexity index is 987. The first-order valence-corrected chi connectivity index (χ1v) is 9.87. The summed E-state index contributed by atoms with van der Waals surface area (Å²) in [7, 11) is 0. The van der Waals surface area contributed by atoms with Crippen molar-refractivity contribution in [3.63, 3.8) is 0 Å². The molecule has 4 nitrogen and oxygen atoms in total. The number of terminal acetylenes is 1. The highest BCUT2D eigenvalue weighted by molar-refractivity contribution is 5.96. The Morgan fingerprint density at radius 3 is 2.93 bits per heavy atom. The third-order valence-corrected chi connectivity index (χ3v) is 7.51. The first-order valence-electron chi connectivity index (χ1n) is 12.9. The Hall–Kier alpha value is -1.76. The summed E-state index contributed by atoms with van der Waals surface area (Å²) in [4.78, 5) is 12.0. The molecule has 0 radical (unpaired) electrons. The number of hydrogen-bond donors (Lipinski definition) is 1. The van der Waals surface area contributed by atoms with Crippen LogP contribution in [-0.4, -0.2) is 22.5 Å². The summed E-state index contributed by atoms with van der Waals surface area (Å²) in [5.74, 6) is -0.0102. The fraction of sp³-hybridized carbons (Fsp3) is 0.739. The number of fused-ring (bicyclic) bond motifs is 5. The molecular weight excluding hydrogens is 338 g/mol. The molecule has 3 fully saturated rings. The highest BCUT2D eigenvalue weighted by Crippen LogP contribution is 2.67. The minimum absolute atomic E-state index is 0.0743. The van der Waals surface area contributed by atoms with E-state index in [0.29, 0.717) is 32.1 Å². The molecule has 27 heavy (non-hydrogen) atoms. The first kappa shape index (κ1) is 12.6. The number of carbonyl (C=O) groups is 1. The summed E-state index contributed by atoms with van der Waals surface area (Å²) in [5, 5.41) is 12.4. The van der Waals surface area contributed by atoms with Crippen molar-refractivity contribution >= 4 is 11.7 Å². The molecule has 0 bridgehead atoms. The number of carbonyl (C=O) groups excluding carboxylic acids is 1. The number of ether oxygens (including phenoxy) is 1. The van der Waals surface area contributed by atoms with Crippen LogP contribution in [0.15, 0.2) is 16.8 Å². The van der Waals surface area contributed by atoms with E-state index >= 15 is 0 Å². The van der Waals surface area contributed by atoms with Crippen LogP contribution in [0.25, 0.3) is 0 Å². The van der Waals surface area contributed by atoms with Gasteiger partial charge in [-0.3, -0.25) is 4.79 Å². The molecule has 4 aliphatic rings. The Morgan fingerprint density at radius 1 is 1.44 bits per heavy atom. The van der Waals surface area contributed by atoms with Crippen LogP contribution in [0.4, 0.5) is 0 Å². The molecule has 0 heterocycles. The van der Waals surface area contributed by atoms with E-state index in [-0.39, 0.29) is 36.2 Å². The van der Waals surface area contributed by atoms with Gasteiger partial charge in [0.25, 0.3) is 0 Å². The van der Waals surface area contributed by atoms with Crippen LogP contribution < -0.4 is 0 Å². The van der Waals surface area contributed by atoms with Crippen molar-refractivity contribution in [1.82, 2.24) is 0 Å². The van der Waals surface area contributed by atoms with Crippen LogP contribution >= 0.6 is 0 Å². The third kappa shape index (κ3) is 2.57. The van der Waals surface area contributed by atoms with E-state index in [4.69, 9.17) is 18.0 Å². The number of nitrogens with zero attached hydrogens (tertiary/aromatic N) is 1. The molecule has 3 saturated carbocycles. The second-order valence-corrected chi connectivity index (χ2v) is 8.24. The predicted octanol–water partition coefficient (Wildman–Crippen LogP) is 4.71. The third-order valence-electron chi connectivity index (χ3n) is 7.51. The summed E-state index contributed by atoms with van der Waals surface area (Å²) >= 11 is 0. The number of hydrogen-bond acceptors (Lipinski definition) is 4. The van der Waals surface area contributed by atoms with Gasteiger partial charge in [0.1, 0.15) is 0 Å². The van der Waals surface area contributed by atoms with E-state index in [2.05, 4.69) is 11.1 Å². The SMILES string of the molecule is [2H]C1=C2C([2H])([2H])CC3C4CC[C@](C#C)(OC(C)=O)[C@@]4(CC)CCC3[C@@]2([2H])CC([2H])([2H])/C1=N\O. The smallest absolute Gasteiger partial charge is 0.304 e. The summed E-state index contributed by atoms with van der Waals surface area (Å²) in [6.07, 6.45) is 4.27. The van der Waals surface area contributed by atoms with Gasteiger partial charge in [0, 0.05) is 19.2 Å². The van der Waals surface area contributed by atoms with E-state index in [0.717, 1.165) is 0 Å². The number of esters is 1. The van der Waals surface area contributed by atoms with Gasteiger partial charge in [-0.2, -0.15) is 0 Å².